The maximum Gasteiger partial charge on any atom is 0.269 e. The Balaban J connectivity index is 2.20. The number of benzene rings is 1. The van der Waals surface area contributed by atoms with Gasteiger partial charge in [-0.15, -0.1) is 0 Å². The minimum atomic E-state index is -3.85. The smallest absolute Gasteiger partial charge is 0.269 e. The highest BCUT2D eigenvalue weighted by molar-refractivity contribution is 7.89. The number of nitrogens with one attached hydrogen (secondary N) is 1. The first-order chi connectivity index (χ1) is 9.79. The zero-order valence-electron chi connectivity index (χ0n) is 11.3. The normalized spacial score (nSPS) is 22.3. The average Bonchev–Trinajstić information content (AvgIpc) is 2.43. The Morgan fingerprint density at radius 1 is 1.29 bits per heavy atom. The molecule has 0 fully saturated rings. The highest BCUT2D eigenvalue weighted by atomic mass is 32.2. The second-order valence-electron chi connectivity index (χ2n) is 4.45. The van der Waals surface area contributed by atoms with Gasteiger partial charge in [0.05, 0.1) is 16.1 Å². The summed E-state index contributed by atoms with van der Waals surface area (Å²) in [7, 11) is -3.85. The molecule has 9 heteroatoms. The first-order valence-electron chi connectivity index (χ1n) is 6.04. The van der Waals surface area contributed by atoms with E-state index in [4.69, 9.17) is 9.47 Å². The highest BCUT2D eigenvalue weighted by Crippen LogP contribution is 2.19. The van der Waals surface area contributed by atoms with Crippen LogP contribution < -0.4 is 4.72 Å². The second-order valence-corrected chi connectivity index (χ2v) is 6.17. The molecule has 0 aliphatic carbocycles. The summed E-state index contributed by atoms with van der Waals surface area (Å²) in [6.07, 6.45) is 0.0178. The van der Waals surface area contributed by atoms with E-state index in [9.17, 15) is 18.5 Å². The Hall–Kier alpha value is -1.97. The van der Waals surface area contributed by atoms with Crippen molar-refractivity contribution in [3.05, 3.63) is 46.2 Å². The molecule has 0 saturated carbocycles. The Labute approximate surface area is 121 Å². The van der Waals surface area contributed by atoms with Gasteiger partial charge in [-0.05, 0) is 26.0 Å². The molecule has 1 aromatic carbocycles. The summed E-state index contributed by atoms with van der Waals surface area (Å²) in [4.78, 5) is 9.88. The third kappa shape index (κ3) is 3.57. The van der Waals surface area contributed by atoms with Crippen LogP contribution in [0, 0.1) is 10.1 Å². The summed E-state index contributed by atoms with van der Waals surface area (Å²) in [6, 6.07) is 4.60. The molecule has 21 heavy (non-hydrogen) atoms. The van der Waals surface area contributed by atoms with E-state index in [1.807, 2.05) is 0 Å². The molecule has 1 heterocycles. The number of nitrogens with zero attached hydrogens (tertiary/aromatic N) is 1. The third-order valence-corrected chi connectivity index (χ3v) is 4.22. The van der Waals surface area contributed by atoms with Crippen LogP contribution in [0.2, 0.25) is 0 Å². The second kappa shape index (κ2) is 5.80. The van der Waals surface area contributed by atoms with Gasteiger partial charge in [-0.1, -0.05) is 0 Å². The summed E-state index contributed by atoms with van der Waals surface area (Å²) in [5.74, 6) is 0. The van der Waals surface area contributed by atoms with Crippen molar-refractivity contribution in [2.75, 3.05) is 0 Å². The maximum atomic E-state index is 12.2. The van der Waals surface area contributed by atoms with Crippen LogP contribution in [-0.4, -0.2) is 25.9 Å². The molecule has 2 rings (SSSR count). The topological polar surface area (TPSA) is 108 Å². The molecule has 0 aromatic heterocycles. The largest absolute Gasteiger partial charge is 0.473 e. The highest BCUT2D eigenvalue weighted by Gasteiger charge is 2.26. The number of rotatable bonds is 4. The van der Waals surface area contributed by atoms with Crippen molar-refractivity contribution in [1.29, 1.82) is 0 Å². The van der Waals surface area contributed by atoms with Crippen LogP contribution in [0.5, 0.6) is 0 Å². The molecular weight excluding hydrogens is 300 g/mol. The SMILES string of the molecule is CC1=COC(C)OC1NS(=O)(=O)c1ccc([N+](=O)[O-])cc1. The monoisotopic (exact) mass is 314 g/mol. The van der Waals surface area contributed by atoms with Gasteiger partial charge < -0.3 is 9.47 Å². The van der Waals surface area contributed by atoms with E-state index in [2.05, 4.69) is 4.72 Å². The van der Waals surface area contributed by atoms with Crippen LogP contribution in [0.3, 0.4) is 0 Å². The fourth-order valence-electron chi connectivity index (χ4n) is 1.67. The minimum absolute atomic E-state index is 0.0800. The van der Waals surface area contributed by atoms with E-state index in [0.717, 1.165) is 12.1 Å². The van der Waals surface area contributed by atoms with Crippen LogP contribution in [0.4, 0.5) is 5.69 Å². The van der Waals surface area contributed by atoms with Crippen molar-refractivity contribution < 1.29 is 22.8 Å². The fourth-order valence-corrected chi connectivity index (χ4v) is 2.83. The summed E-state index contributed by atoms with van der Waals surface area (Å²) in [5, 5.41) is 10.6. The van der Waals surface area contributed by atoms with Crippen LogP contribution in [0.1, 0.15) is 13.8 Å². The van der Waals surface area contributed by atoms with Gasteiger partial charge >= 0.3 is 0 Å². The van der Waals surface area contributed by atoms with Gasteiger partial charge in [-0.2, -0.15) is 4.72 Å². The van der Waals surface area contributed by atoms with Gasteiger partial charge in [0, 0.05) is 17.7 Å². The molecule has 2 unspecified atom stereocenters. The zero-order valence-corrected chi connectivity index (χ0v) is 12.2. The number of nitro groups is 1. The van der Waals surface area contributed by atoms with Gasteiger partial charge in [-0.25, -0.2) is 8.42 Å². The molecule has 1 N–H and O–H groups in total. The van der Waals surface area contributed by atoms with Gasteiger partial charge in [-0.3, -0.25) is 10.1 Å². The van der Waals surface area contributed by atoms with Gasteiger partial charge in [0.1, 0.15) is 0 Å². The van der Waals surface area contributed by atoms with E-state index in [1.54, 1.807) is 13.8 Å². The molecule has 0 saturated heterocycles. The minimum Gasteiger partial charge on any atom is -0.473 e. The molecule has 0 bridgehead atoms. The number of hydrogen-bond donors (Lipinski definition) is 1. The van der Waals surface area contributed by atoms with Crippen molar-refractivity contribution in [1.82, 2.24) is 4.72 Å². The number of ether oxygens (including phenoxy) is 2. The lowest BCUT2D eigenvalue weighted by Gasteiger charge is -2.27. The number of sulfonamides is 1. The molecule has 0 radical (unpaired) electrons. The van der Waals surface area contributed by atoms with Gasteiger partial charge in [0.15, 0.2) is 12.5 Å². The molecule has 2 atom stereocenters. The average molecular weight is 314 g/mol. The van der Waals surface area contributed by atoms with Crippen molar-refractivity contribution >= 4 is 15.7 Å². The van der Waals surface area contributed by atoms with Gasteiger partial charge in [0.2, 0.25) is 10.0 Å². The zero-order chi connectivity index (χ0) is 15.6. The predicted octanol–water partition coefficient (Wildman–Crippen LogP) is 1.50. The van der Waals surface area contributed by atoms with E-state index in [0.29, 0.717) is 5.57 Å². The van der Waals surface area contributed by atoms with Crippen LogP contribution in [-0.2, 0) is 19.5 Å². The van der Waals surface area contributed by atoms with E-state index < -0.39 is 27.5 Å². The van der Waals surface area contributed by atoms with E-state index >= 15 is 0 Å². The lowest BCUT2D eigenvalue weighted by Crippen LogP contribution is -2.42. The predicted molar refractivity (Wildman–Crippen MR) is 72.6 cm³/mol. The summed E-state index contributed by atoms with van der Waals surface area (Å²) in [6.45, 7) is 3.30. The Kier molecular flexibility index (Phi) is 4.26. The Bertz CT molecular complexity index is 667. The molecule has 1 aromatic rings. The van der Waals surface area contributed by atoms with Crippen molar-refractivity contribution in [3.63, 3.8) is 0 Å². The van der Waals surface area contributed by atoms with E-state index in [-0.39, 0.29) is 10.6 Å². The van der Waals surface area contributed by atoms with Gasteiger partial charge in [0.25, 0.3) is 5.69 Å². The number of non-ortho nitro benzene ring substituents is 1. The summed E-state index contributed by atoms with van der Waals surface area (Å²) < 4.78 is 37.2. The standard InChI is InChI=1S/C12H14N2O6S/c1-8-7-19-9(2)20-12(8)13-21(17,18)11-5-3-10(4-6-11)14(15)16/h3-7,9,12-13H,1-2H3. The lowest BCUT2D eigenvalue weighted by atomic mass is 10.3. The van der Waals surface area contributed by atoms with Crippen molar-refractivity contribution in [2.24, 2.45) is 0 Å². The molecule has 1 aliphatic heterocycles. The molecule has 8 nitrogen and oxygen atoms in total. The Morgan fingerprint density at radius 3 is 2.48 bits per heavy atom. The Morgan fingerprint density at radius 2 is 1.90 bits per heavy atom. The van der Waals surface area contributed by atoms with Crippen molar-refractivity contribution in [2.45, 2.75) is 31.3 Å². The summed E-state index contributed by atoms with van der Waals surface area (Å²) in [5.41, 5.74) is 0.388. The van der Waals surface area contributed by atoms with Crippen LogP contribution >= 0.6 is 0 Å². The number of nitro benzene ring substituents is 1. The molecule has 0 spiro atoms. The first kappa shape index (κ1) is 15.4. The fraction of sp³-hybridized carbons (Fsp3) is 0.333. The quantitative estimate of drug-likeness (QED) is 0.666. The van der Waals surface area contributed by atoms with E-state index in [1.165, 1.54) is 18.4 Å². The number of hydrogen-bond acceptors (Lipinski definition) is 6. The van der Waals surface area contributed by atoms with Crippen LogP contribution in [0.25, 0.3) is 0 Å². The molecular formula is C12H14N2O6S. The first-order valence-corrected chi connectivity index (χ1v) is 7.52. The summed E-state index contributed by atoms with van der Waals surface area (Å²) >= 11 is 0. The molecule has 114 valence electrons. The van der Waals surface area contributed by atoms with Crippen molar-refractivity contribution in [3.8, 4) is 0 Å². The molecule has 0 amide bonds. The lowest BCUT2D eigenvalue weighted by molar-refractivity contribution is -0.384. The van der Waals surface area contributed by atoms with Crippen LogP contribution in [0.15, 0.2) is 41.0 Å². The third-order valence-electron chi connectivity index (χ3n) is 2.81. The maximum absolute atomic E-state index is 12.2. The molecule has 1 aliphatic rings.